The van der Waals surface area contributed by atoms with E-state index in [1.165, 1.54) is 12.8 Å². The molecule has 2 N–H and O–H groups in total. The van der Waals surface area contributed by atoms with Gasteiger partial charge in [-0.2, -0.15) is 5.26 Å². The molecular weight excluding hydrogens is 210 g/mol. The van der Waals surface area contributed by atoms with Gasteiger partial charge in [-0.15, -0.1) is 0 Å². The van der Waals surface area contributed by atoms with Crippen LogP contribution in [-0.4, -0.2) is 29.6 Å². The van der Waals surface area contributed by atoms with Crippen molar-refractivity contribution in [2.75, 3.05) is 13.1 Å². The van der Waals surface area contributed by atoms with Crippen LogP contribution in [0.15, 0.2) is 0 Å². The monoisotopic (exact) mass is 237 g/mol. The van der Waals surface area contributed by atoms with Crippen LogP contribution in [-0.2, 0) is 0 Å². The number of nitrogens with two attached hydrogens (primary N) is 1. The lowest BCUT2D eigenvalue weighted by atomic mass is 9.85. The maximum absolute atomic E-state index is 8.96. The molecule has 1 rings (SSSR count). The molecule has 0 radical (unpaired) electrons. The van der Waals surface area contributed by atoms with Crippen LogP contribution in [0.25, 0.3) is 0 Å². The molecule has 98 valence electrons. The fraction of sp³-hybridized carbons (Fsp3) is 0.929. The van der Waals surface area contributed by atoms with Crippen LogP contribution in [0, 0.1) is 23.2 Å². The lowest BCUT2D eigenvalue weighted by Crippen LogP contribution is -2.46. The van der Waals surface area contributed by atoms with Crippen molar-refractivity contribution < 1.29 is 0 Å². The summed E-state index contributed by atoms with van der Waals surface area (Å²) in [6.45, 7) is 11.0. The Morgan fingerprint density at radius 3 is 2.29 bits per heavy atom. The first-order valence-corrected chi connectivity index (χ1v) is 6.80. The SMILES string of the molecule is CC(C)C1CCN(C(C)CC(C)(N)C#N)CC1. The van der Waals surface area contributed by atoms with Crippen molar-refractivity contribution in [3.8, 4) is 6.07 Å². The van der Waals surface area contributed by atoms with Crippen LogP contribution < -0.4 is 5.73 Å². The first-order chi connectivity index (χ1) is 7.85. The van der Waals surface area contributed by atoms with Crippen molar-refractivity contribution in [3.05, 3.63) is 0 Å². The average molecular weight is 237 g/mol. The van der Waals surface area contributed by atoms with E-state index in [4.69, 9.17) is 11.0 Å². The van der Waals surface area contributed by atoms with E-state index in [2.05, 4.69) is 31.7 Å². The number of hydrogen-bond acceptors (Lipinski definition) is 3. The molecule has 2 atom stereocenters. The number of nitriles is 1. The molecule has 17 heavy (non-hydrogen) atoms. The van der Waals surface area contributed by atoms with E-state index in [1.54, 1.807) is 0 Å². The Labute approximate surface area is 106 Å². The van der Waals surface area contributed by atoms with Crippen LogP contribution in [0.4, 0.5) is 0 Å². The second-order valence-corrected chi connectivity index (χ2v) is 6.20. The Bertz CT molecular complexity index is 270. The normalized spacial score (nSPS) is 24.3. The third kappa shape index (κ3) is 4.29. The molecule has 1 saturated heterocycles. The highest BCUT2D eigenvalue weighted by molar-refractivity contribution is 5.03. The molecule has 0 aliphatic carbocycles. The van der Waals surface area contributed by atoms with Crippen LogP contribution in [0.5, 0.6) is 0 Å². The minimum absolute atomic E-state index is 0.415. The molecule has 0 aromatic carbocycles. The molecular formula is C14H27N3. The van der Waals surface area contributed by atoms with Gasteiger partial charge in [0, 0.05) is 6.04 Å². The van der Waals surface area contributed by atoms with Gasteiger partial charge in [-0.25, -0.2) is 0 Å². The summed E-state index contributed by atoms with van der Waals surface area (Å²) in [4.78, 5) is 2.49. The maximum atomic E-state index is 8.96. The smallest absolute Gasteiger partial charge is 0.102 e. The summed E-state index contributed by atoms with van der Waals surface area (Å²) in [7, 11) is 0. The second-order valence-electron chi connectivity index (χ2n) is 6.20. The second kappa shape index (κ2) is 5.84. The van der Waals surface area contributed by atoms with Crippen molar-refractivity contribution in [1.82, 2.24) is 4.90 Å². The van der Waals surface area contributed by atoms with Crippen molar-refractivity contribution >= 4 is 0 Å². The summed E-state index contributed by atoms with van der Waals surface area (Å²) in [5.41, 5.74) is 5.23. The lowest BCUT2D eigenvalue weighted by Gasteiger charge is -2.38. The first-order valence-electron chi connectivity index (χ1n) is 6.80. The molecule has 1 fully saturated rings. The molecule has 1 aliphatic heterocycles. The number of rotatable bonds is 4. The standard InChI is InChI=1S/C14H27N3/c1-11(2)13-5-7-17(8-6-13)12(3)9-14(4,16)10-15/h11-13H,5-9,16H2,1-4H3. The van der Waals surface area contributed by atoms with E-state index >= 15 is 0 Å². The number of nitrogens with zero attached hydrogens (tertiary/aromatic N) is 2. The highest BCUT2D eigenvalue weighted by Gasteiger charge is 2.28. The molecule has 0 bridgehead atoms. The third-order valence-electron chi connectivity index (χ3n) is 4.12. The molecule has 1 aliphatic rings. The largest absolute Gasteiger partial charge is 0.314 e. The molecule has 0 spiro atoms. The van der Waals surface area contributed by atoms with Crippen molar-refractivity contribution in [1.29, 1.82) is 5.26 Å². The van der Waals surface area contributed by atoms with Crippen LogP contribution in [0.1, 0.15) is 47.0 Å². The maximum Gasteiger partial charge on any atom is 0.102 e. The Morgan fingerprint density at radius 2 is 1.88 bits per heavy atom. The predicted octanol–water partition coefficient (Wildman–Crippen LogP) is 2.37. The molecule has 3 heteroatoms. The molecule has 3 nitrogen and oxygen atoms in total. The third-order valence-corrected chi connectivity index (χ3v) is 4.12. The van der Waals surface area contributed by atoms with E-state index in [-0.39, 0.29) is 0 Å². The van der Waals surface area contributed by atoms with Gasteiger partial charge in [0.25, 0.3) is 0 Å². The van der Waals surface area contributed by atoms with Gasteiger partial charge in [-0.05, 0) is 58.0 Å². The summed E-state index contributed by atoms with van der Waals surface area (Å²) in [6, 6.07) is 2.60. The van der Waals surface area contributed by atoms with E-state index in [9.17, 15) is 0 Å². The summed E-state index contributed by atoms with van der Waals surface area (Å²) in [6.07, 6.45) is 3.33. The molecule has 0 aromatic rings. The van der Waals surface area contributed by atoms with Gasteiger partial charge in [0.15, 0.2) is 0 Å². The minimum Gasteiger partial charge on any atom is -0.314 e. The highest BCUT2D eigenvalue weighted by atomic mass is 15.2. The van der Waals surface area contributed by atoms with Gasteiger partial charge >= 0.3 is 0 Å². The van der Waals surface area contributed by atoms with E-state index in [1.807, 2.05) is 6.92 Å². The summed E-state index contributed by atoms with van der Waals surface area (Å²) < 4.78 is 0. The Balaban J connectivity index is 2.41. The van der Waals surface area contributed by atoms with Gasteiger partial charge < -0.3 is 10.6 Å². The number of piperidine rings is 1. The van der Waals surface area contributed by atoms with Crippen LogP contribution >= 0.6 is 0 Å². The Morgan fingerprint density at radius 1 is 1.35 bits per heavy atom. The molecule has 0 aromatic heterocycles. The fourth-order valence-corrected chi connectivity index (χ4v) is 2.82. The zero-order valence-electron chi connectivity index (χ0n) is 11.7. The van der Waals surface area contributed by atoms with Crippen molar-refractivity contribution in [3.63, 3.8) is 0 Å². The Kier molecular flexibility index (Phi) is 4.97. The van der Waals surface area contributed by atoms with Crippen LogP contribution in [0.2, 0.25) is 0 Å². The zero-order chi connectivity index (χ0) is 13.1. The predicted molar refractivity (Wildman–Crippen MR) is 71.4 cm³/mol. The zero-order valence-corrected chi connectivity index (χ0v) is 11.7. The minimum atomic E-state index is -0.686. The Hall–Kier alpha value is -0.590. The van der Waals surface area contributed by atoms with Crippen LogP contribution in [0.3, 0.4) is 0 Å². The molecule has 0 saturated carbocycles. The van der Waals surface area contributed by atoms with E-state index in [0.29, 0.717) is 6.04 Å². The van der Waals surface area contributed by atoms with Gasteiger partial charge in [-0.3, -0.25) is 0 Å². The average Bonchev–Trinajstić information content (AvgIpc) is 2.28. The summed E-state index contributed by atoms with van der Waals surface area (Å²) in [5, 5.41) is 8.96. The number of likely N-dealkylation sites (tertiary alicyclic amines) is 1. The van der Waals surface area contributed by atoms with Gasteiger partial charge in [0.2, 0.25) is 0 Å². The van der Waals surface area contributed by atoms with Gasteiger partial charge in [0.05, 0.1) is 6.07 Å². The first kappa shape index (κ1) is 14.5. The van der Waals surface area contributed by atoms with Crippen molar-refractivity contribution in [2.24, 2.45) is 17.6 Å². The van der Waals surface area contributed by atoms with E-state index in [0.717, 1.165) is 31.3 Å². The fourth-order valence-electron chi connectivity index (χ4n) is 2.82. The molecule has 0 amide bonds. The quantitative estimate of drug-likeness (QED) is 0.816. The number of hydrogen-bond donors (Lipinski definition) is 1. The van der Waals surface area contributed by atoms with Gasteiger partial charge in [0.1, 0.15) is 5.54 Å². The summed E-state index contributed by atoms with van der Waals surface area (Å²) in [5.74, 6) is 1.67. The molecule has 2 unspecified atom stereocenters. The molecule has 1 heterocycles. The highest BCUT2D eigenvalue weighted by Crippen LogP contribution is 2.26. The van der Waals surface area contributed by atoms with Gasteiger partial charge in [-0.1, -0.05) is 13.8 Å². The lowest BCUT2D eigenvalue weighted by molar-refractivity contribution is 0.111. The summed E-state index contributed by atoms with van der Waals surface area (Å²) >= 11 is 0. The topological polar surface area (TPSA) is 53.0 Å². The van der Waals surface area contributed by atoms with E-state index < -0.39 is 5.54 Å². The van der Waals surface area contributed by atoms with Crippen molar-refractivity contribution in [2.45, 2.75) is 58.5 Å².